The molecule has 0 aliphatic heterocycles. The molecule has 0 aliphatic rings. The molecule has 1 amide bonds. The van der Waals surface area contributed by atoms with E-state index < -0.39 is 10.8 Å². The van der Waals surface area contributed by atoms with Gasteiger partial charge >= 0.3 is 0 Å². The highest BCUT2D eigenvalue weighted by atomic mass is 16.6. The molecular formula is C14H13N3O4. The molecule has 0 radical (unpaired) electrons. The highest BCUT2D eigenvalue weighted by molar-refractivity contribution is 5.98. The lowest BCUT2D eigenvalue weighted by Crippen LogP contribution is -2.19. The van der Waals surface area contributed by atoms with Crippen molar-refractivity contribution in [1.82, 2.24) is 5.32 Å². The molecule has 7 nitrogen and oxygen atoms in total. The van der Waals surface area contributed by atoms with E-state index >= 15 is 0 Å². The Hall–Kier alpha value is -3.09. The predicted octanol–water partition coefficient (Wildman–Crippen LogP) is 2.33. The van der Waals surface area contributed by atoms with Crippen molar-refractivity contribution in [2.24, 2.45) is 0 Å². The number of rotatable bonds is 4. The van der Waals surface area contributed by atoms with Gasteiger partial charge in [-0.15, -0.1) is 0 Å². The van der Waals surface area contributed by atoms with Crippen LogP contribution in [0.25, 0.3) is 0 Å². The summed E-state index contributed by atoms with van der Waals surface area (Å²) >= 11 is 0. The van der Waals surface area contributed by atoms with Crippen LogP contribution >= 0.6 is 0 Å². The van der Waals surface area contributed by atoms with E-state index in [2.05, 4.69) is 5.32 Å². The van der Waals surface area contributed by atoms with E-state index in [4.69, 9.17) is 10.5 Å². The first kappa shape index (κ1) is 14.3. The first-order valence-electron chi connectivity index (χ1n) is 6.05. The predicted molar refractivity (Wildman–Crippen MR) is 77.4 cm³/mol. The van der Waals surface area contributed by atoms with Crippen molar-refractivity contribution in [2.75, 3.05) is 12.8 Å². The van der Waals surface area contributed by atoms with Crippen molar-refractivity contribution >= 4 is 17.3 Å². The SMILES string of the molecule is CNC(=O)c1cc(Oc2ccc(N)cc2)ccc1[N+](=O)[O-]. The summed E-state index contributed by atoms with van der Waals surface area (Å²) in [6.07, 6.45) is 0. The number of anilines is 1. The van der Waals surface area contributed by atoms with Crippen molar-refractivity contribution < 1.29 is 14.5 Å². The molecule has 0 aliphatic carbocycles. The monoisotopic (exact) mass is 287 g/mol. The van der Waals surface area contributed by atoms with Gasteiger partial charge in [0.2, 0.25) is 0 Å². The van der Waals surface area contributed by atoms with Crippen molar-refractivity contribution in [3.05, 3.63) is 58.1 Å². The van der Waals surface area contributed by atoms with Crippen molar-refractivity contribution in [2.45, 2.75) is 0 Å². The highest BCUT2D eigenvalue weighted by Gasteiger charge is 2.20. The van der Waals surface area contributed by atoms with E-state index in [1.807, 2.05) is 0 Å². The van der Waals surface area contributed by atoms with Gasteiger partial charge in [-0.2, -0.15) is 0 Å². The number of carbonyl (C=O) groups is 1. The maximum atomic E-state index is 11.7. The Morgan fingerprint density at radius 3 is 2.38 bits per heavy atom. The molecule has 0 fully saturated rings. The quantitative estimate of drug-likeness (QED) is 0.509. The Labute approximate surface area is 120 Å². The first-order chi connectivity index (χ1) is 10.0. The van der Waals surface area contributed by atoms with Crippen molar-refractivity contribution in [3.63, 3.8) is 0 Å². The van der Waals surface area contributed by atoms with E-state index in [0.717, 1.165) is 0 Å². The molecule has 108 valence electrons. The minimum atomic E-state index is -0.614. The van der Waals surface area contributed by atoms with Gasteiger partial charge < -0.3 is 15.8 Å². The highest BCUT2D eigenvalue weighted by Crippen LogP contribution is 2.28. The number of benzene rings is 2. The average Bonchev–Trinajstić information content (AvgIpc) is 2.48. The van der Waals surface area contributed by atoms with E-state index in [1.165, 1.54) is 25.2 Å². The molecule has 0 aromatic heterocycles. The summed E-state index contributed by atoms with van der Waals surface area (Å²) in [6.45, 7) is 0. The van der Waals surface area contributed by atoms with Crippen molar-refractivity contribution in [1.29, 1.82) is 0 Å². The Morgan fingerprint density at radius 2 is 1.81 bits per heavy atom. The van der Waals surface area contributed by atoms with Gasteiger partial charge in [-0.05, 0) is 30.3 Å². The van der Waals surface area contributed by atoms with Crippen LogP contribution < -0.4 is 15.8 Å². The fourth-order valence-electron chi connectivity index (χ4n) is 1.73. The smallest absolute Gasteiger partial charge is 0.282 e. The Kier molecular flexibility index (Phi) is 4.03. The number of hydrogen-bond acceptors (Lipinski definition) is 5. The zero-order chi connectivity index (χ0) is 15.4. The lowest BCUT2D eigenvalue weighted by molar-refractivity contribution is -0.385. The molecule has 2 rings (SSSR count). The van der Waals surface area contributed by atoms with Crippen LogP contribution in [0.5, 0.6) is 11.5 Å². The molecule has 0 spiro atoms. The molecule has 2 aromatic rings. The molecule has 0 saturated carbocycles. The summed E-state index contributed by atoms with van der Waals surface area (Å²) in [4.78, 5) is 22.0. The normalized spacial score (nSPS) is 9.95. The van der Waals surface area contributed by atoms with E-state index in [9.17, 15) is 14.9 Å². The zero-order valence-corrected chi connectivity index (χ0v) is 11.2. The maximum absolute atomic E-state index is 11.7. The fraction of sp³-hybridized carbons (Fsp3) is 0.0714. The second-order valence-corrected chi connectivity index (χ2v) is 4.19. The van der Waals surface area contributed by atoms with Crippen LogP contribution in [-0.2, 0) is 0 Å². The number of ether oxygens (including phenoxy) is 1. The number of nitro groups is 1. The third kappa shape index (κ3) is 3.27. The Bertz CT molecular complexity index is 683. The maximum Gasteiger partial charge on any atom is 0.282 e. The number of nitrogens with two attached hydrogens (primary N) is 1. The summed E-state index contributed by atoms with van der Waals surface area (Å²) in [6, 6.07) is 10.7. The van der Waals surface area contributed by atoms with Crippen molar-refractivity contribution in [3.8, 4) is 11.5 Å². The van der Waals surface area contributed by atoms with Gasteiger partial charge in [0.25, 0.3) is 11.6 Å². The second kappa shape index (κ2) is 5.91. The summed E-state index contributed by atoms with van der Waals surface area (Å²) in [7, 11) is 1.40. The number of carbonyl (C=O) groups excluding carboxylic acids is 1. The molecule has 0 saturated heterocycles. The summed E-state index contributed by atoms with van der Waals surface area (Å²) in [5.41, 5.74) is 5.83. The molecule has 7 heteroatoms. The standard InChI is InChI=1S/C14H13N3O4/c1-16-14(18)12-8-11(6-7-13(12)17(19)20)21-10-4-2-9(15)3-5-10/h2-8H,15H2,1H3,(H,16,18). The third-order valence-electron chi connectivity index (χ3n) is 2.75. The minimum Gasteiger partial charge on any atom is -0.457 e. The molecule has 0 unspecified atom stereocenters. The molecule has 2 aromatic carbocycles. The number of amides is 1. The Balaban J connectivity index is 2.35. The van der Waals surface area contributed by atoms with Crippen LogP contribution in [-0.4, -0.2) is 17.9 Å². The lowest BCUT2D eigenvalue weighted by atomic mass is 10.1. The van der Waals surface area contributed by atoms with Crippen LogP contribution in [0, 0.1) is 10.1 Å². The van der Waals surface area contributed by atoms with Gasteiger partial charge in [0.15, 0.2) is 0 Å². The van der Waals surface area contributed by atoms with Gasteiger partial charge in [-0.25, -0.2) is 0 Å². The van der Waals surface area contributed by atoms with E-state index in [0.29, 0.717) is 17.2 Å². The third-order valence-corrected chi connectivity index (χ3v) is 2.75. The van der Waals surface area contributed by atoms with Gasteiger partial charge in [-0.3, -0.25) is 14.9 Å². The van der Waals surface area contributed by atoms with Gasteiger partial charge in [0.1, 0.15) is 17.1 Å². The van der Waals surface area contributed by atoms with E-state index in [1.54, 1.807) is 24.3 Å². The molecule has 0 bridgehead atoms. The number of nitro benzene ring substituents is 1. The lowest BCUT2D eigenvalue weighted by Gasteiger charge is -2.08. The van der Waals surface area contributed by atoms with Crippen LogP contribution in [0.15, 0.2) is 42.5 Å². The zero-order valence-electron chi connectivity index (χ0n) is 11.2. The first-order valence-corrected chi connectivity index (χ1v) is 6.05. The number of nitrogens with one attached hydrogen (secondary N) is 1. The van der Waals surface area contributed by atoms with Gasteiger partial charge in [-0.1, -0.05) is 0 Å². The number of nitrogens with zero attached hydrogens (tertiary/aromatic N) is 1. The summed E-state index contributed by atoms with van der Waals surface area (Å²) in [5.74, 6) is 0.286. The van der Waals surface area contributed by atoms with E-state index in [-0.39, 0.29) is 11.3 Å². The molecule has 0 heterocycles. The number of nitrogen functional groups attached to an aromatic ring is 1. The van der Waals surface area contributed by atoms with Gasteiger partial charge in [0, 0.05) is 24.9 Å². The molecule has 3 N–H and O–H groups in total. The molecule has 0 atom stereocenters. The Morgan fingerprint density at radius 1 is 1.19 bits per heavy atom. The average molecular weight is 287 g/mol. The molecule has 21 heavy (non-hydrogen) atoms. The largest absolute Gasteiger partial charge is 0.457 e. The minimum absolute atomic E-state index is 0.0598. The van der Waals surface area contributed by atoms with Crippen LogP contribution in [0.4, 0.5) is 11.4 Å². The second-order valence-electron chi connectivity index (χ2n) is 4.19. The molecular weight excluding hydrogens is 274 g/mol. The van der Waals surface area contributed by atoms with Crippen LogP contribution in [0.3, 0.4) is 0 Å². The van der Waals surface area contributed by atoms with Gasteiger partial charge in [0.05, 0.1) is 4.92 Å². The topological polar surface area (TPSA) is 107 Å². The van der Waals surface area contributed by atoms with Crippen LogP contribution in [0.1, 0.15) is 10.4 Å². The number of hydrogen-bond donors (Lipinski definition) is 2. The van der Waals surface area contributed by atoms with Crippen LogP contribution in [0.2, 0.25) is 0 Å². The summed E-state index contributed by atoms with van der Waals surface area (Å²) in [5, 5.41) is 13.3. The fourth-order valence-corrected chi connectivity index (χ4v) is 1.73. The summed E-state index contributed by atoms with van der Waals surface area (Å²) < 4.78 is 5.55.